The zero-order valence-electron chi connectivity index (χ0n) is 12.4. The van der Waals surface area contributed by atoms with Crippen molar-refractivity contribution in [2.75, 3.05) is 13.1 Å². The second kappa shape index (κ2) is 6.75. The summed E-state index contributed by atoms with van der Waals surface area (Å²) in [6.45, 7) is 6.74. The molecule has 1 saturated heterocycles. The number of piperidine rings is 1. The fourth-order valence-corrected chi connectivity index (χ4v) is 3.34. The molecule has 0 amide bonds. The summed E-state index contributed by atoms with van der Waals surface area (Å²) in [6.07, 6.45) is 1.85. The summed E-state index contributed by atoms with van der Waals surface area (Å²) in [7, 11) is 0. The van der Waals surface area contributed by atoms with Crippen LogP contribution in [0.3, 0.4) is 0 Å². The molecule has 0 aromatic heterocycles. The Morgan fingerprint density at radius 1 is 1.30 bits per heavy atom. The Morgan fingerprint density at radius 3 is 2.45 bits per heavy atom. The molecule has 1 aliphatic rings. The van der Waals surface area contributed by atoms with Crippen molar-refractivity contribution in [3.8, 4) is 0 Å². The number of hydrogen-bond donors (Lipinski definition) is 2. The Kier molecular flexibility index (Phi) is 5.01. The highest BCUT2D eigenvalue weighted by Gasteiger charge is 2.28. The van der Waals surface area contributed by atoms with Gasteiger partial charge in [-0.2, -0.15) is 0 Å². The second-order valence-corrected chi connectivity index (χ2v) is 6.12. The number of amidine groups is 1. The third-order valence-electron chi connectivity index (χ3n) is 4.05. The van der Waals surface area contributed by atoms with E-state index in [1.807, 2.05) is 18.2 Å². The fourth-order valence-electron chi connectivity index (χ4n) is 3.34. The quantitative estimate of drug-likeness (QED) is 0.384. The van der Waals surface area contributed by atoms with Crippen LogP contribution < -0.4 is 5.73 Å². The van der Waals surface area contributed by atoms with Crippen LogP contribution in [0.4, 0.5) is 0 Å². The van der Waals surface area contributed by atoms with Gasteiger partial charge in [-0.3, -0.25) is 4.90 Å². The first-order valence-electron chi connectivity index (χ1n) is 7.35. The number of rotatable bonds is 4. The lowest BCUT2D eigenvalue weighted by Gasteiger charge is -2.40. The molecule has 1 fully saturated rings. The minimum absolute atomic E-state index is 0.192. The van der Waals surface area contributed by atoms with Gasteiger partial charge in [-0.15, -0.1) is 0 Å². The van der Waals surface area contributed by atoms with Gasteiger partial charge in [0.15, 0.2) is 0 Å². The predicted octanol–water partition coefficient (Wildman–Crippen LogP) is 2.84. The molecular formula is C16H25N3O. The summed E-state index contributed by atoms with van der Waals surface area (Å²) in [5.41, 5.74) is 7.00. The van der Waals surface area contributed by atoms with Crippen LogP contribution in [0.5, 0.6) is 0 Å². The van der Waals surface area contributed by atoms with Crippen LogP contribution in [0, 0.1) is 11.8 Å². The number of nitrogens with zero attached hydrogens (tertiary/aromatic N) is 2. The lowest BCUT2D eigenvalue weighted by molar-refractivity contribution is 0.0973. The van der Waals surface area contributed by atoms with Gasteiger partial charge in [-0.05, 0) is 23.8 Å². The molecule has 4 nitrogen and oxygen atoms in total. The normalized spacial score (nSPS) is 26.4. The van der Waals surface area contributed by atoms with Crippen LogP contribution >= 0.6 is 0 Å². The van der Waals surface area contributed by atoms with E-state index in [4.69, 9.17) is 10.9 Å². The van der Waals surface area contributed by atoms with E-state index in [2.05, 4.69) is 36.0 Å². The van der Waals surface area contributed by atoms with Crippen molar-refractivity contribution < 1.29 is 5.21 Å². The van der Waals surface area contributed by atoms with E-state index in [0.29, 0.717) is 24.1 Å². The maximum atomic E-state index is 8.88. The molecule has 1 aliphatic heterocycles. The maximum absolute atomic E-state index is 8.88. The van der Waals surface area contributed by atoms with Crippen LogP contribution in [0.25, 0.3) is 0 Å². The van der Waals surface area contributed by atoms with Crippen molar-refractivity contribution in [1.82, 2.24) is 4.90 Å². The summed E-state index contributed by atoms with van der Waals surface area (Å²) < 4.78 is 0. The van der Waals surface area contributed by atoms with Gasteiger partial charge in [0.1, 0.15) is 5.84 Å². The molecule has 110 valence electrons. The topological polar surface area (TPSA) is 61.8 Å². The summed E-state index contributed by atoms with van der Waals surface area (Å²) in [6, 6.07) is 10.6. The van der Waals surface area contributed by atoms with E-state index >= 15 is 0 Å². The van der Waals surface area contributed by atoms with E-state index in [-0.39, 0.29) is 6.04 Å². The lowest BCUT2D eigenvalue weighted by Crippen LogP contribution is -2.42. The number of oxime groups is 1. The first kappa shape index (κ1) is 14.9. The molecule has 1 aromatic carbocycles. The van der Waals surface area contributed by atoms with Crippen LogP contribution in [-0.2, 0) is 0 Å². The molecule has 2 rings (SSSR count). The Labute approximate surface area is 121 Å². The molecular weight excluding hydrogens is 250 g/mol. The molecule has 0 radical (unpaired) electrons. The van der Waals surface area contributed by atoms with Crippen molar-refractivity contribution in [1.29, 1.82) is 0 Å². The first-order chi connectivity index (χ1) is 9.60. The maximum Gasteiger partial charge on any atom is 0.141 e. The molecule has 20 heavy (non-hydrogen) atoms. The Bertz CT molecular complexity index is 436. The Balaban J connectivity index is 2.22. The standard InChI is InChI=1S/C16H25N3O/c1-12-8-13(2)11-19(10-12)15(9-16(17)18-20)14-6-4-3-5-7-14/h3-7,12-13,15,20H,8-11H2,1-2H3,(H2,17,18). The smallest absolute Gasteiger partial charge is 0.141 e. The zero-order valence-corrected chi connectivity index (χ0v) is 12.4. The second-order valence-electron chi connectivity index (χ2n) is 6.12. The van der Waals surface area contributed by atoms with E-state index in [1.165, 1.54) is 12.0 Å². The molecule has 3 unspecified atom stereocenters. The van der Waals surface area contributed by atoms with Crippen molar-refractivity contribution >= 4 is 5.84 Å². The monoisotopic (exact) mass is 275 g/mol. The highest BCUT2D eigenvalue weighted by atomic mass is 16.4. The number of benzene rings is 1. The van der Waals surface area contributed by atoms with Gasteiger partial charge in [-0.1, -0.05) is 49.3 Å². The minimum atomic E-state index is 0.192. The molecule has 3 N–H and O–H groups in total. The number of hydrogen-bond acceptors (Lipinski definition) is 3. The van der Waals surface area contributed by atoms with Gasteiger partial charge in [0.05, 0.1) is 0 Å². The largest absolute Gasteiger partial charge is 0.409 e. The number of likely N-dealkylation sites (tertiary alicyclic amines) is 1. The van der Waals surface area contributed by atoms with Crippen LogP contribution in [0.2, 0.25) is 0 Å². The van der Waals surface area contributed by atoms with Gasteiger partial charge >= 0.3 is 0 Å². The third kappa shape index (κ3) is 3.73. The number of nitrogens with two attached hydrogens (primary N) is 1. The third-order valence-corrected chi connectivity index (χ3v) is 4.05. The average Bonchev–Trinajstić information content (AvgIpc) is 2.44. The van der Waals surface area contributed by atoms with Gasteiger partial charge in [0.2, 0.25) is 0 Å². The fraction of sp³-hybridized carbons (Fsp3) is 0.562. The van der Waals surface area contributed by atoms with Crippen LogP contribution in [-0.4, -0.2) is 29.0 Å². The molecule has 1 heterocycles. The van der Waals surface area contributed by atoms with Crippen molar-refractivity contribution in [2.24, 2.45) is 22.7 Å². The van der Waals surface area contributed by atoms with Crippen molar-refractivity contribution in [3.05, 3.63) is 35.9 Å². The summed E-state index contributed by atoms with van der Waals surface area (Å²) in [5, 5.41) is 12.0. The highest BCUT2D eigenvalue weighted by molar-refractivity contribution is 5.80. The lowest BCUT2D eigenvalue weighted by atomic mass is 9.89. The van der Waals surface area contributed by atoms with Crippen molar-refractivity contribution in [3.63, 3.8) is 0 Å². The van der Waals surface area contributed by atoms with E-state index < -0.39 is 0 Å². The highest BCUT2D eigenvalue weighted by Crippen LogP contribution is 2.31. The predicted molar refractivity (Wildman–Crippen MR) is 81.7 cm³/mol. The van der Waals surface area contributed by atoms with E-state index in [9.17, 15) is 0 Å². The molecule has 1 aromatic rings. The van der Waals surface area contributed by atoms with Crippen molar-refractivity contribution in [2.45, 2.75) is 32.7 Å². The molecule has 0 bridgehead atoms. The first-order valence-corrected chi connectivity index (χ1v) is 7.35. The summed E-state index contributed by atoms with van der Waals surface area (Å²) >= 11 is 0. The van der Waals surface area contributed by atoms with Gasteiger partial charge in [-0.25, -0.2) is 0 Å². The van der Waals surface area contributed by atoms with Gasteiger partial charge < -0.3 is 10.9 Å². The van der Waals surface area contributed by atoms with E-state index in [0.717, 1.165) is 13.1 Å². The van der Waals surface area contributed by atoms with E-state index in [1.54, 1.807) is 0 Å². The van der Waals surface area contributed by atoms with Gasteiger partial charge in [0.25, 0.3) is 0 Å². The van der Waals surface area contributed by atoms with Crippen LogP contribution in [0.15, 0.2) is 35.5 Å². The molecule has 0 spiro atoms. The minimum Gasteiger partial charge on any atom is -0.409 e. The molecule has 3 atom stereocenters. The Hall–Kier alpha value is -1.55. The SMILES string of the molecule is CC1CC(C)CN(C(CC(N)=NO)c2ccccc2)C1. The van der Waals surface area contributed by atoms with Crippen LogP contribution in [0.1, 0.15) is 38.3 Å². The molecule has 0 saturated carbocycles. The summed E-state index contributed by atoms with van der Waals surface area (Å²) in [5.74, 6) is 1.68. The Morgan fingerprint density at radius 2 is 1.90 bits per heavy atom. The summed E-state index contributed by atoms with van der Waals surface area (Å²) in [4.78, 5) is 2.48. The molecule has 4 heteroatoms. The molecule has 0 aliphatic carbocycles. The average molecular weight is 275 g/mol. The van der Waals surface area contributed by atoms with Gasteiger partial charge in [0, 0.05) is 25.6 Å². The zero-order chi connectivity index (χ0) is 14.5.